The summed E-state index contributed by atoms with van der Waals surface area (Å²) in [5, 5.41) is 10.4. The Bertz CT molecular complexity index is 226. The molecule has 4 nitrogen and oxygen atoms in total. The van der Waals surface area contributed by atoms with Crippen molar-refractivity contribution in [3.05, 3.63) is 0 Å². The Kier molecular flexibility index (Phi) is 3.97. The average molecular weight is 215 g/mol. The van der Waals surface area contributed by atoms with Crippen LogP contribution in [0.2, 0.25) is 0 Å². The highest BCUT2D eigenvalue weighted by molar-refractivity contribution is 5.68. The molecule has 0 spiro atoms. The molecule has 1 saturated heterocycles. The molecule has 1 unspecified atom stereocenters. The molecular formula is C11H21NO3. The lowest BCUT2D eigenvalue weighted by atomic mass is 9.87. The van der Waals surface area contributed by atoms with Gasteiger partial charge in [-0.1, -0.05) is 13.8 Å². The molecule has 0 bridgehead atoms. The molecule has 1 atom stereocenters. The standard InChI is InChI=1S/C11H21NO3/c1-4-11(14,5-2)9-7-6-8-12(9)10(13)15-3/h9,14H,4-8H2,1-3H3. The Morgan fingerprint density at radius 1 is 1.53 bits per heavy atom. The molecule has 1 aliphatic heterocycles. The van der Waals surface area contributed by atoms with Gasteiger partial charge in [0.1, 0.15) is 0 Å². The van der Waals surface area contributed by atoms with Gasteiger partial charge in [0.25, 0.3) is 0 Å². The normalized spacial score (nSPS) is 21.9. The number of nitrogens with zero attached hydrogens (tertiary/aromatic N) is 1. The van der Waals surface area contributed by atoms with Crippen LogP contribution in [0.15, 0.2) is 0 Å². The van der Waals surface area contributed by atoms with Crippen molar-refractivity contribution in [3.63, 3.8) is 0 Å². The molecule has 15 heavy (non-hydrogen) atoms. The Balaban J connectivity index is 2.79. The Labute approximate surface area is 91.2 Å². The van der Waals surface area contributed by atoms with Crippen LogP contribution in [-0.4, -0.2) is 41.4 Å². The maximum atomic E-state index is 11.5. The lowest BCUT2D eigenvalue weighted by Crippen LogP contribution is -2.51. The van der Waals surface area contributed by atoms with Gasteiger partial charge in [0, 0.05) is 6.54 Å². The lowest BCUT2D eigenvalue weighted by Gasteiger charge is -2.37. The van der Waals surface area contributed by atoms with Gasteiger partial charge >= 0.3 is 6.09 Å². The number of rotatable bonds is 3. The van der Waals surface area contributed by atoms with E-state index in [1.807, 2.05) is 13.8 Å². The van der Waals surface area contributed by atoms with Crippen molar-refractivity contribution in [2.75, 3.05) is 13.7 Å². The Morgan fingerprint density at radius 3 is 2.60 bits per heavy atom. The molecule has 0 saturated carbocycles. The van der Waals surface area contributed by atoms with Crippen LogP contribution >= 0.6 is 0 Å². The fourth-order valence-electron chi connectivity index (χ4n) is 2.38. The van der Waals surface area contributed by atoms with Gasteiger partial charge in [-0.05, 0) is 25.7 Å². The number of methoxy groups -OCH3 is 1. The summed E-state index contributed by atoms with van der Waals surface area (Å²) < 4.78 is 4.72. The molecule has 4 heteroatoms. The number of hydrogen-bond donors (Lipinski definition) is 1. The molecule has 1 heterocycles. The molecule has 0 aromatic rings. The van der Waals surface area contributed by atoms with Crippen LogP contribution in [-0.2, 0) is 4.74 Å². The van der Waals surface area contributed by atoms with Gasteiger partial charge in [-0.25, -0.2) is 4.79 Å². The molecule has 88 valence electrons. The topological polar surface area (TPSA) is 49.8 Å². The number of carbonyl (C=O) groups is 1. The summed E-state index contributed by atoms with van der Waals surface area (Å²) in [6, 6.07) is -0.0834. The van der Waals surface area contributed by atoms with E-state index in [2.05, 4.69) is 0 Å². The third kappa shape index (κ3) is 2.25. The minimum Gasteiger partial charge on any atom is -0.453 e. The first kappa shape index (κ1) is 12.3. The van der Waals surface area contributed by atoms with Gasteiger partial charge in [0.15, 0.2) is 0 Å². The van der Waals surface area contributed by atoms with Crippen molar-refractivity contribution in [3.8, 4) is 0 Å². The number of ether oxygens (including phenoxy) is 1. The van der Waals surface area contributed by atoms with Crippen molar-refractivity contribution in [2.24, 2.45) is 0 Å². The predicted octanol–water partition coefficient (Wildman–Crippen LogP) is 1.77. The molecule has 1 amide bonds. The zero-order valence-corrected chi connectivity index (χ0v) is 9.82. The third-order valence-electron chi connectivity index (χ3n) is 3.51. The molecule has 0 aliphatic carbocycles. The van der Waals surface area contributed by atoms with E-state index in [1.54, 1.807) is 4.90 Å². The van der Waals surface area contributed by atoms with Crippen molar-refractivity contribution >= 4 is 6.09 Å². The molecule has 0 aromatic carbocycles. The highest BCUT2D eigenvalue weighted by atomic mass is 16.5. The molecule has 1 fully saturated rings. The maximum Gasteiger partial charge on any atom is 0.409 e. The summed E-state index contributed by atoms with van der Waals surface area (Å²) in [5.74, 6) is 0. The predicted molar refractivity (Wildman–Crippen MR) is 57.7 cm³/mol. The maximum absolute atomic E-state index is 11.5. The molecule has 0 radical (unpaired) electrons. The van der Waals surface area contributed by atoms with Crippen LogP contribution in [0.1, 0.15) is 39.5 Å². The number of likely N-dealkylation sites (tertiary alicyclic amines) is 1. The zero-order chi connectivity index (χ0) is 11.5. The SMILES string of the molecule is CCC(O)(CC)C1CCCN1C(=O)OC. The fourth-order valence-corrected chi connectivity index (χ4v) is 2.38. The highest BCUT2D eigenvalue weighted by Gasteiger charge is 2.42. The first-order valence-corrected chi connectivity index (χ1v) is 5.66. The van der Waals surface area contributed by atoms with Crippen LogP contribution in [0.25, 0.3) is 0 Å². The van der Waals surface area contributed by atoms with E-state index < -0.39 is 5.60 Å². The van der Waals surface area contributed by atoms with Crippen LogP contribution in [0, 0.1) is 0 Å². The largest absolute Gasteiger partial charge is 0.453 e. The number of amides is 1. The van der Waals surface area contributed by atoms with E-state index in [0.29, 0.717) is 19.4 Å². The van der Waals surface area contributed by atoms with Crippen LogP contribution in [0.4, 0.5) is 4.79 Å². The van der Waals surface area contributed by atoms with Crippen LogP contribution in [0.5, 0.6) is 0 Å². The van der Waals surface area contributed by atoms with E-state index in [4.69, 9.17) is 4.74 Å². The smallest absolute Gasteiger partial charge is 0.409 e. The van der Waals surface area contributed by atoms with E-state index >= 15 is 0 Å². The zero-order valence-electron chi connectivity index (χ0n) is 9.82. The van der Waals surface area contributed by atoms with Crippen molar-refractivity contribution in [1.29, 1.82) is 0 Å². The summed E-state index contributed by atoms with van der Waals surface area (Å²) in [6.45, 7) is 4.61. The molecule has 1 rings (SSSR count). The first-order valence-electron chi connectivity index (χ1n) is 5.66. The molecule has 0 aromatic heterocycles. The van der Waals surface area contributed by atoms with E-state index in [0.717, 1.165) is 12.8 Å². The molecule has 1 aliphatic rings. The minimum absolute atomic E-state index is 0.0834. The van der Waals surface area contributed by atoms with E-state index in [-0.39, 0.29) is 12.1 Å². The first-order chi connectivity index (χ1) is 7.09. The van der Waals surface area contributed by atoms with Gasteiger partial charge in [-0.3, -0.25) is 0 Å². The molecular weight excluding hydrogens is 194 g/mol. The number of hydrogen-bond acceptors (Lipinski definition) is 3. The second-order valence-electron chi connectivity index (χ2n) is 4.13. The van der Waals surface area contributed by atoms with Crippen molar-refractivity contribution < 1.29 is 14.6 Å². The minimum atomic E-state index is -0.759. The molecule has 1 N–H and O–H groups in total. The average Bonchev–Trinajstić information content (AvgIpc) is 2.76. The van der Waals surface area contributed by atoms with Crippen LogP contribution in [0.3, 0.4) is 0 Å². The van der Waals surface area contributed by atoms with Gasteiger partial charge in [-0.2, -0.15) is 0 Å². The summed E-state index contributed by atoms with van der Waals surface area (Å²) >= 11 is 0. The lowest BCUT2D eigenvalue weighted by molar-refractivity contribution is -0.0359. The summed E-state index contributed by atoms with van der Waals surface area (Å²) in [5.41, 5.74) is -0.759. The summed E-state index contributed by atoms with van der Waals surface area (Å²) in [7, 11) is 1.38. The van der Waals surface area contributed by atoms with Gasteiger partial charge < -0.3 is 14.7 Å². The van der Waals surface area contributed by atoms with Crippen LogP contribution < -0.4 is 0 Å². The monoisotopic (exact) mass is 215 g/mol. The number of carbonyl (C=O) groups excluding carboxylic acids is 1. The Morgan fingerprint density at radius 2 is 2.13 bits per heavy atom. The van der Waals surface area contributed by atoms with E-state index in [1.165, 1.54) is 7.11 Å². The number of aliphatic hydroxyl groups is 1. The third-order valence-corrected chi connectivity index (χ3v) is 3.51. The second kappa shape index (κ2) is 4.84. The second-order valence-corrected chi connectivity index (χ2v) is 4.13. The fraction of sp³-hybridized carbons (Fsp3) is 0.909. The van der Waals surface area contributed by atoms with E-state index in [9.17, 15) is 9.90 Å². The van der Waals surface area contributed by atoms with Gasteiger partial charge in [0.05, 0.1) is 18.8 Å². The highest BCUT2D eigenvalue weighted by Crippen LogP contribution is 2.32. The van der Waals surface area contributed by atoms with Crippen molar-refractivity contribution in [1.82, 2.24) is 4.90 Å². The summed E-state index contributed by atoms with van der Waals surface area (Å²) in [4.78, 5) is 13.2. The summed E-state index contributed by atoms with van der Waals surface area (Å²) in [6.07, 6.45) is 2.83. The van der Waals surface area contributed by atoms with Gasteiger partial charge in [0.2, 0.25) is 0 Å². The quantitative estimate of drug-likeness (QED) is 0.780. The van der Waals surface area contributed by atoms with Crippen molar-refractivity contribution in [2.45, 2.75) is 51.2 Å². The van der Waals surface area contributed by atoms with Gasteiger partial charge in [-0.15, -0.1) is 0 Å². The Hall–Kier alpha value is -0.770.